The predicted octanol–water partition coefficient (Wildman–Crippen LogP) is 2.30. The third-order valence-corrected chi connectivity index (χ3v) is 5.28. The summed E-state index contributed by atoms with van der Waals surface area (Å²) in [7, 11) is 0. The van der Waals surface area contributed by atoms with Crippen LogP contribution in [0.25, 0.3) is 0 Å². The monoisotopic (exact) mass is 330 g/mol. The van der Waals surface area contributed by atoms with Crippen molar-refractivity contribution >= 4 is 11.6 Å². The molecule has 0 spiro atoms. The molecular formula is C19H30N4O. The van der Waals surface area contributed by atoms with Crippen LogP contribution in [-0.2, 0) is 4.79 Å². The Morgan fingerprint density at radius 3 is 2.54 bits per heavy atom. The molecule has 2 fully saturated rings. The second-order valence-corrected chi connectivity index (χ2v) is 7.04. The van der Waals surface area contributed by atoms with Gasteiger partial charge in [0.1, 0.15) is 0 Å². The van der Waals surface area contributed by atoms with Gasteiger partial charge in [-0.25, -0.2) is 0 Å². The molecule has 24 heavy (non-hydrogen) atoms. The number of pyridine rings is 1. The fraction of sp³-hybridized carbons (Fsp3) is 0.684. The highest BCUT2D eigenvalue weighted by Crippen LogP contribution is 2.20. The van der Waals surface area contributed by atoms with Crippen molar-refractivity contribution in [2.45, 2.75) is 39.0 Å². The van der Waals surface area contributed by atoms with E-state index in [0.717, 1.165) is 39.1 Å². The Morgan fingerprint density at radius 2 is 1.83 bits per heavy atom. The molecule has 1 aromatic heterocycles. The van der Waals surface area contributed by atoms with Crippen molar-refractivity contribution in [1.82, 2.24) is 14.8 Å². The number of carbonyl (C=O) groups is 1. The molecule has 2 saturated heterocycles. The maximum absolute atomic E-state index is 12.4. The van der Waals surface area contributed by atoms with Gasteiger partial charge in [0.2, 0.25) is 5.91 Å². The second-order valence-electron chi connectivity index (χ2n) is 7.04. The van der Waals surface area contributed by atoms with Crippen molar-refractivity contribution < 1.29 is 4.79 Å². The Balaban J connectivity index is 1.39. The summed E-state index contributed by atoms with van der Waals surface area (Å²) in [5, 5.41) is 0. The second kappa shape index (κ2) is 8.47. The van der Waals surface area contributed by atoms with Crippen LogP contribution in [0.4, 0.5) is 5.69 Å². The summed E-state index contributed by atoms with van der Waals surface area (Å²) in [6.07, 6.45) is 9.48. The number of anilines is 1. The van der Waals surface area contributed by atoms with Gasteiger partial charge in [0, 0.05) is 50.7 Å². The first kappa shape index (κ1) is 17.2. The molecule has 2 aliphatic rings. The first-order chi connectivity index (χ1) is 11.7. The van der Waals surface area contributed by atoms with Crippen LogP contribution in [0.3, 0.4) is 0 Å². The highest BCUT2D eigenvalue weighted by molar-refractivity contribution is 5.76. The molecule has 5 heteroatoms. The molecule has 3 heterocycles. The zero-order chi connectivity index (χ0) is 16.8. The van der Waals surface area contributed by atoms with E-state index in [0.29, 0.717) is 12.3 Å². The van der Waals surface area contributed by atoms with Crippen molar-refractivity contribution in [3.05, 3.63) is 24.0 Å². The SMILES string of the molecule is Cc1cnccc1N1CCN(C(=O)CCCN2CCCCC2)CC1. The largest absolute Gasteiger partial charge is 0.368 e. The number of aromatic nitrogens is 1. The van der Waals surface area contributed by atoms with Gasteiger partial charge >= 0.3 is 0 Å². The van der Waals surface area contributed by atoms with Crippen LogP contribution in [0.5, 0.6) is 0 Å². The highest BCUT2D eigenvalue weighted by Gasteiger charge is 2.22. The van der Waals surface area contributed by atoms with E-state index in [1.165, 1.54) is 43.6 Å². The van der Waals surface area contributed by atoms with Gasteiger partial charge in [0.25, 0.3) is 0 Å². The maximum atomic E-state index is 12.4. The number of hydrogen-bond donors (Lipinski definition) is 0. The summed E-state index contributed by atoms with van der Waals surface area (Å²) < 4.78 is 0. The smallest absolute Gasteiger partial charge is 0.222 e. The van der Waals surface area contributed by atoms with Crippen molar-refractivity contribution in [2.75, 3.05) is 50.7 Å². The Morgan fingerprint density at radius 1 is 1.08 bits per heavy atom. The number of rotatable bonds is 5. The molecule has 5 nitrogen and oxygen atoms in total. The number of piperidine rings is 1. The summed E-state index contributed by atoms with van der Waals surface area (Å²) in [5.74, 6) is 0.332. The highest BCUT2D eigenvalue weighted by atomic mass is 16.2. The average Bonchev–Trinajstić information content (AvgIpc) is 2.63. The number of likely N-dealkylation sites (tertiary alicyclic amines) is 1. The van der Waals surface area contributed by atoms with Crippen LogP contribution in [0.15, 0.2) is 18.5 Å². The predicted molar refractivity (Wildman–Crippen MR) is 97.3 cm³/mol. The lowest BCUT2D eigenvalue weighted by Gasteiger charge is -2.37. The van der Waals surface area contributed by atoms with Crippen LogP contribution in [0.2, 0.25) is 0 Å². The number of piperazine rings is 1. The van der Waals surface area contributed by atoms with E-state index in [1.807, 2.05) is 17.3 Å². The van der Waals surface area contributed by atoms with Crippen LogP contribution in [0.1, 0.15) is 37.7 Å². The molecule has 0 radical (unpaired) electrons. The number of carbonyl (C=O) groups excluding carboxylic acids is 1. The molecule has 1 aromatic rings. The molecular weight excluding hydrogens is 300 g/mol. The van der Waals surface area contributed by atoms with Crippen molar-refractivity contribution in [1.29, 1.82) is 0 Å². The molecule has 0 saturated carbocycles. The van der Waals surface area contributed by atoms with Gasteiger partial charge in [-0.3, -0.25) is 9.78 Å². The average molecular weight is 330 g/mol. The van der Waals surface area contributed by atoms with E-state index in [1.54, 1.807) is 0 Å². The lowest BCUT2D eigenvalue weighted by Crippen LogP contribution is -2.49. The molecule has 0 N–H and O–H groups in total. The van der Waals surface area contributed by atoms with E-state index in [4.69, 9.17) is 0 Å². The minimum Gasteiger partial charge on any atom is -0.368 e. The molecule has 132 valence electrons. The zero-order valence-corrected chi connectivity index (χ0v) is 14.9. The van der Waals surface area contributed by atoms with E-state index < -0.39 is 0 Å². The molecule has 1 amide bonds. The summed E-state index contributed by atoms with van der Waals surface area (Å²) in [5.41, 5.74) is 2.46. The molecule has 0 bridgehead atoms. The van der Waals surface area contributed by atoms with Gasteiger partial charge < -0.3 is 14.7 Å². The van der Waals surface area contributed by atoms with Gasteiger partial charge in [0.15, 0.2) is 0 Å². The topological polar surface area (TPSA) is 39.7 Å². The molecule has 0 atom stereocenters. The fourth-order valence-corrected chi connectivity index (χ4v) is 3.81. The Bertz CT molecular complexity index is 534. The number of amides is 1. The van der Waals surface area contributed by atoms with Gasteiger partial charge in [0.05, 0.1) is 0 Å². The lowest BCUT2D eigenvalue weighted by atomic mass is 10.1. The molecule has 2 aliphatic heterocycles. The van der Waals surface area contributed by atoms with E-state index >= 15 is 0 Å². The minimum atomic E-state index is 0.332. The van der Waals surface area contributed by atoms with E-state index in [-0.39, 0.29) is 0 Å². The third kappa shape index (κ3) is 4.47. The van der Waals surface area contributed by atoms with Crippen LogP contribution in [0, 0.1) is 6.92 Å². The van der Waals surface area contributed by atoms with Crippen molar-refractivity contribution in [3.63, 3.8) is 0 Å². The molecule has 0 aliphatic carbocycles. The standard InChI is InChI=1S/C19H30N4O/c1-17-16-20-8-7-18(17)22-12-14-23(15-13-22)19(24)6-5-11-21-9-3-2-4-10-21/h7-8,16H,2-6,9-15H2,1H3. The summed E-state index contributed by atoms with van der Waals surface area (Å²) in [6.45, 7) is 9.14. The quantitative estimate of drug-likeness (QED) is 0.830. The summed E-state index contributed by atoms with van der Waals surface area (Å²) in [6, 6.07) is 2.07. The number of nitrogens with zero attached hydrogens (tertiary/aromatic N) is 4. The fourth-order valence-electron chi connectivity index (χ4n) is 3.81. The molecule has 0 unspecified atom stereocenters. The van der Waals surface area contributed by atoms with E-state index in [9.17, 15) is 4.79 Å². The number of aryl methyl sites for hydroxylation is 1. The number of hydrogen-bond acceptors (Lipinski definition) is 4. The van der Waals surface area contributed by atoms with Crippen LogP contribution >= 0.6 is 0 Å². The van der Waals surface area contributed by atoms with Crippen LogP contribution < -0.4 is 4.90 Å². The summed E-state index contributed by atoms with van der Waals surface area (Å²) in [4.78, 5) is 23.5. The Hall–Kier alpha value is -1.62. The lowest BCUT2D eigenvalue weighted by molar-refractivity contribution is -0.131. The van der Waals surface area contributed by atoms with Gasteiger partial charge in [-0.05, 0) is 57.5 Å². The molecule has 3 rings (SSSR count). The maximum Gasteiger partial charge on any atom is 0.222 e. The van der Waals surface area contributed by atoms with Crippen molar-refractivity contribution in [3.8, 4) is 0 Å². The Kier molecular flexibility index (Phi) is 6.07. The minimum absolute atomic E-state index is 0.332. The Labute approximate surface area is 145 Å². The van der Waals surface area contributed by atoms with Gasteiger partial charge in [-0.2, -0.15) is 0 Å². The zero-order valence-electron chi connectivity index (χ0n) is 14.9. The van der Waals surface area contributed by atoms with Crippen molar-refractivity contribution in [2.24, 2.45) is 0 Å². The first-order valence-electron chi connectivity index (χ1n) is 9.40. The van der Waals surface area contributed by atoms with Gasteiger partial charge in [-0.15, -0.1) is 0 Å². The third-order valence-electron chi connectivity index (χ3n) is 5.28. The normalized spacial score (nSPS) is 19.5. The summed E-state index contributed by atoms with van der Waals surface area (Å²) >= 11 is 0. The van der Waals surface area contributed by atoms with E-state index in [2.05, 4.69) is 27.8 Å². The first-order valence-corrected chi connectivity index (χ1v) is 9.40. The molecule has 0 aromatic carbocycles. The van der Waals surface area contributed by atoms with Crippen LogP contribution in [-0.4, -0.2) is 66.5 Å². The van der Waals surface area contributed by atoms with Gasteiger partial charge in [-0.1, -0.05) is 6.42 Å².